The van der Waals surface area contributed by atoms with Crippen molar-refractivity contribution < 1.29 is 4.79 Å². The van der Waals surface area contributed by atoms with E-state index < -0.39 is 0 Å². The van der Waals surface area contributed by atoms with E-state index in [1.165, 1.54) is 25.9 Å². The van der Waals surface area contributed by atoms with Crippen LogP contribution in [0.2, 0.25) is 0 Å². The van der Waals surface area contributed by atoms with Crippen LogP contribution in [0.15, 0.2) is 0 Å². The molecule has 0 aromatic carbocycles. The van der Waals surface area contributed by atoms with Gasteiger partial charge in [0.05, 0.1) is 5.92 Å². The zero-order valence-corrected chi connectivity index (χ0v) is 12.1. The fourth-order valence-corrected chi connectivity index (χ4v) is 3.55. The molecule has 1 N–H and O–H groups in total. The van der Waals surface area contributed by atoms with Crippen LogP contribution in [0.3, 0.4) is 0 Å². The first-order valence-corrected chi connectivity index (χ1v) is 7.96. The molecule has 2 aliphatic heterocycles. The number of amides is 1. The highest BCUT2D eigenvalue weighted by Crippen LogP contribution is 2.38. The molecular formula is C15H27N3O. The first-order valence-electron chi connectivity index (χ1n) is 7.96. The van der Waals surface area contributed by atoms with Gasteiger partial charge in [0.15, 0.2) is 0 Å². The van der Waals surface area contributed by atoms with E-state index in [9.17, 15) is 4.79 Å². The van der Waals surface area contributed by atoms with Crippen LogP contribution in [0, 0.1) is 17.8 Å². The molecule has 4 heteroatoms. The van der Waals surface area contributed by atoms with Crippen LogP contribution in [-0.2, 0) is 4.79 Å². The maximum atomic E-state index is 12.5. The van der Waals surface area contributed by atoms with Gasteiger partial charge in [0.1, 0.15) is 0 Å². The van der Waals surface area contributed by atoms with E-state index in [-0.39, 0.29) is 5.92 Å². The van der Waals surface area contributed by atoms with Gasteiger partial charge >= 0.3 is 0 Å². The second kappa shape index (κ2) is 5.80. The SMILES string of the molecule is CC1CC1CN1CCCC(C(=O)N2CCNCC2)C1. The Bertz CT molecular complexity index is 327. The molecular weight excluding hydrogens is 238 g/mol. The molecule has 3 unspecified atom stereocenters. The molecule has 3 fully saturated rings. The average molecular weight is 265 g/mol. The van der Waals surface area contributed by atoms with E-state index in [1.54, 1.807) is 0 Å². The third-order valence-electron chi connectivity index (χ3n) is 5.05. The summed E-state index contributed by atoms with van der Waals surface area (Å²) < 4.78 is 0. The number of carbonyl (C=O) groups is 1. The Morgan fingerprint density at radius 1 is 1.26 bits per heavy atom. The molecule has 0 aromatic heterocycles. The van der Waals surface area contributed by atoms with Gasteiger partial charge in [-0.05, 0) is 37.6 Å². The van der Waals surface area contributed by atoms with E-state index in [1.807, 2.05) is 0 Å². The molecule has 2 saturated heterocycles. The third kappa shape index (κ3) is 3.29. The Morgan fingerprint density at radius 2 is 2.00 bits per heavy atom. The molecule has 1 saturated carbocycles. The van der Waals surface area contributed by atoms with Crippen molar-refractivity contribution in [2.24, 2.45) is 17.8 Å². The van der Waals surface area contributed by atoms with Gasteiger partial charge in [0, 0.05) is 39.3 Å². The summed E-state index contributed by atoms with van der Waals surface area (Å²) >= 11 is 0. The lowest BCUT2D eigenvalue weighted by molar-refractivity contribution is -0.138. The highest BCUT2D eigenvalue weighted by Gasteiger charge is 2.36. The standard InChI is InChI=1S/C15H27N3O/c1-12-9-14(12)11-17-6-2-3-13(10-17)15(19)18-7-4-16-5-8-18/h12-14,16H,2-11H2,1H3. The van der Waals surface area contributed by atoms with Crippen molar-refractivity contribution in [3.8, 4) is 0 Å². The van der Waals surface area contributed by atoms with Crippen LogP contribution in [-0.4, -0.2) is 61.5 Å². The number of piperidine rings is 1. The number of likely N-dealkylation sites (tertiary alicyclic amines) is 1. The van der Waals surface area contributed by atoms with E-state index in [2.05, 4.69) is 22.0 Å². The second-order valence-corrected chi connectivity index (χ2v) is 6.65. The molecule has 0 spiro atoms. The van der Waals surface area contributed by atoms with Crippen molar-refractivity contribution in [1.82, 2.24) is 15.1 Å². The number of hydrogen-bond acceptors (Lipinski definition) is 3. The zero-order chi connectivity index (χ0) is 13.2. The molecule has 2 heterocycles. The second-order valence-electron chi connectivity index (χ2n) is 6.65. The lowest BCUT2D eigenvalue weighted by atomic mass is 9.96. The van der Waals surface area contributed by atoms with Crippen molar-refractivity contribution >= 4 is 5.91 Å². The Hall–Kier alpha value is -0.610. The van der Waals surface area contributed by atoms with Crippen molar-refractivity contribution in [3.05, 3.63) is 0 Å². The first kappa shape index (κ1) is 13.4. The molecule has 1 amide bonds. The number of nitrogens with one attached hydrogen (secondary N) is 1. The number of piperazine rings is 1. The molecule has 3 rings (SSSR count). The highest BCUT2D eigenvalue weighted by molar-refractivity contribution is 5.79. The van der Waals surface area contributed by atoms with Gasteiger partial charge < -0.3 is 15.1 Å². The van der Waals surface area contributed by atoms with Crippen LogP contribution < -0.4 is 5.32 Å². The van der Waals surface area contributed by atoms with Gasteiger partial charge in [-0.2, -0.15) is 0 Å². The predicted molar refractivity (Wildman–Crippen MR) is 75.9 cm³/mol. The van der Waals surface area contributed by atoms with Crippen molar-refractivity contribution in [3.63, 3.8) is 0 Å². The van der Waals surface area contributed by atoms with Crippen molar-refractivity contribution in [2.75, 3.05) is 45.8 Å². The minimum absolute atomic E-state index is 0.265. The normalized spacial score (nSPS) is 36.3. The Kier molecular flexibility index (Phi) is 4.08. The quantitative estimate of drug-likeness (QED) is 0.819. The lowest BCUT2D eigenvalue weighted by Gasteiger charge is -2.36. The molecule has 108 valence electrons. The molecule has 0 bridgehead atoms. The number of carbonyl (C=O) groups excluding carboxylic acids is 1. The fraction of sp³-hybridized carbons (Fsp3) is 0.933. The molecule has 0 radical (unpaired) electrons. The Balaban J connectivity index is 1.50. The molecule has 3 atom stereocenters. The fourth-order valence-electron chi connectivity index (χ4n) is 3.55. The highest BCUT2D eigenvalue weighted by atomic mass is 16.2. The maximum Gasteiger partial charge on any atom is 0.227 e. The van der Waals surface area contributed by atoms with Crippen LogP contribution in [0.4, 0.5) is 0 Å². The third-order valence-corrected chi connectivity index (χ3v) is 5.05. The van der Waals surface area contributed by atoms with Crippen LogP contribution in [0.1, 0.15) is 26.2 Å². The lowest BCUT2D eigenvalue weighted by Crippen LogP contribution is -2.51. The molecule has 19 heavy (non-hydrogen) atoms. The van der Waals surface area contributed by atoms with Crippen molar-refractivity contribution in [1.29, 1.82) is 0 Å². The monoisotopic (exact) mass is 265 g/mol. The maximum absolute atomic E-state index is 12.5. The molecule has 1 aliphatic carbocycles. The van der Waals surface area contributed by atoms with Gasteiger partial charge in [-0.3, -0.25) is 4.79 Å². The van der Waals surface area contributed by atoms with Gasteiger partial charge in [-0.1, -0.05) is 6.92 Å². The summed E-state index contributed by atoms with van der Waals surface area (Å²) in [5.74, 6) is 2.51. The molecule has 0 aromatic rings. The van der Waals surface area contributed by atoms with Gasteiger partial charge in [-0.25, -0.2) is 0 Å². The van der Waals surface area contributed by atoms with Crippen LogP contribution in [0.5, 0.6) is 0 Å². The van der Waals surface area contributed by atoms with Gasteiger partial charge in [0.25, 0.3) is 0 Å². The van der Waals surface area contributed by atoms with E-state index in [4.69, 9.17) is 0 Å². The first-order chi connectivity index (χ1) is 9.24. The predicted octanol–water partition coefficient (Wildman–Crippen LogP) is 0.786. The molecule has 4 nitrogen and oxygen atoms in total. The number of hydrogen-bond donors (Lipinski definition) is 1. The van der Waals surface area contributed by atoms with E-state index in [0.717, 1.165) is 51.0 Å². The smallest absolute Gasteiger partial charge is 0.227 e. The zero-order valence-electron chi connectivity index (χ0n) is 12.1. The summed E-state index contributed by atoms with van der Waals surface area (Å²) in [6, 6.07) is 0. The van der Waals surface area contributed by atoms with Crippen LogP contribution >= 0.6 is 0 Å². The Morgan fingerprint density at radius 3 is 2.68 bits per heavy atom. The van der Waals surface area contributed by atoms with Crippen molar-refractivity contribution in [2.45, 2.75) is 26.2 Å². The molecule has 3 aliphatic rings. The minimum Gasteiger partial charge on any atom is -0.340 e. The topological polar surface area (TPSA) is 35.6 Å². The Labute approximate surface area is 116 Å². The minimum atomic E-state index is 0.265. The largest absolute Gasteiger partial charge is 0.340 e. The summed E-state index contributed by atoms with van der Waals surface area (Å²) in [7, 11) is 0. The summed E-state index contributed by atoms with van der Waals surface area (Å²) in [5.41, 5.74) is 0. The van der Waals surface area contributed by atoms with Crippen LogP contribution in [0.25, 0.3) is 0 Å². The number of nitrogens with zero attached hydrogens (tertiary/aromatic N) is 2. The van der Waals surface area contributed by atoms with E-state index in [0.29, 0.717) is 5.91 Å². The summed E-state index contributed by atoms with van der Waals surface area (Å²) in [5, 5.41) is 3.32. The average Bonchev–Trinajstić information content (AvgIpc) is 3.14. The number of rotatable bonds is 3. The van der Waals surface area contributed by atoms with Gasteiger partial charge in [-0.15, -0.1) is 0 Å². The summed E-state index contributed by atoms with van der Waals surface area (Å²) in [4.78, 5) is 17.2. The van der Waals surface area contributed by atoms with Gasteiger partial charge in [0.2, 0.25) is 5.91 Å². The summed E-state index contributed by atoms with van der Waals surface area (Å²) in [6.45, 7) is 9.50. The van der Waals surface area contributed by atoms with E-state index >= 15 is 0 Å². The summed E-state index contributed by atoms with van der Waals surface area (Å²) in [6.07, 6.45) is 3.69.